The van der Waals surface area contributed by atoms with Gasteiger partial charge in [0.25, 0.3) is 0 Å². The minimum atomic E-state index is -0.297. The van der Waals surface area contributed by atoms with Crippen molar-refractivity contribution in [1.82, 2.24) is 0 Å². The van der Waals surface area contributed by atoms with Crippen LogP contribution >= 0.6 is 11.8 Å². The molecule has 5 atom stereocenters. The van der Waals surface area contributed by atoms with Crippen LogP contribution in [0.2, 0.25) is 0 Å². The molecule has 1 heterocycles. The number of benzene rings is 1. The average Bonchev–Trinajstić information content (AvgIpc) is 2.53. The van der Waals surface area contributed by atoms with Crippen molar-refractivity contribution in [2.24, 2.45) is 23.2 Å². The van der Waals surface area contributed by atoms with Crippen LogP contribution in [0.25, 0.3) is 0 Å². The second-order valence-corrected chi connectivity index (χ2v) is 8.64. The van der Waals surface area contributed by atoms with Crippen molar-refractivity contribution in [2.45, 2.75) is 37.4 Å². The highest BCUT2D eigenvalue weighted by atomic mass is 32.2. The first-order valence-corrected chi connectivity index (χ1v) is 8.88. The Kier molecular flexibility index (Phi) is 3.20. The van der Waals surface area contributed by atoms with Crippen LogP contribution in [0.4, 0.5) is 0 Å². The molecule has 1 aromatic rings. The van der Waals surface area contributed by atoms with Gasteiger partial charge in [-0.3, -0.25) is 4.79 Å². The van der Waals surface area contributed by atoms with Gasteiger partial charge in [-0.2, -0.15) is 0 Å². The minimum Gasteiger partial charge on any atom is -0.359 e. The van der Waals surface area contributed by atoms with E-state index in [4.69, 9.17) is 4.74 Å². The molecule has 3 saturated carbocycles. The zero-order chi connectivity index (χ0) is 14.6. The van der Waals surface area contributed by atoms with Gasteiger partial charge in [-0.1, -0.05) is 44.2 Å². The van der Waals surface area contributed by atoms with Crippen molar-refractivity contribution in [3.8, 4) is 0 Å². The zero-order valence-corrected chi connectivity index (χ0v) is 13.4. The molecular formula is C18H22O2S. The molecule has 4 fully saturated rings. The molecule has 3 heteroatoms. The first-order chi connectivity index (χ1) is 10.1. The van der Waals surface area contributed by atoms with E-state index in [1.165, 1.54) is 12.8 Å². The Morgan fingerprint density at radius 2 is 2.00 bits per heavy atom. The third kappa shape index (κ3) is 2.08. The van der Waals surface area contributed by atoms with Gasteiger partial charge in [-0.15, -0.1) is 11.8 Å². The minimum absolute atomic E-state index is 0.137. The molecule has 112 valence electrons. The van der Waals surface area contributed by atoms with Crippen LogP contribution in [0, 0.1) is 23.2 Å². The molecule has 1 unspecified atom stereocenters. The Balaban J connectivity index is 1.48. The third-order valence-electron chi connectivity index (χ3n) is 6.07. The Labute approximate surface area is 130 Å². The van der Waals surface area contributed by atoms with E-state index in [9.17, 15) is 4.79 Å². The molecule has 0 amide bonds. The molecule has 2 nitrogen and oxygen atoms in total. The number of hydrogen-bond acceptors (Lipinski definition) is 3. The Bertz CT molecular complexity index is 554. The lowest BCUT2D eigenvalue weighted by molar-refractivity contribution is -0.125. The molecule has 4 aliphatic rings. The molecule has 5 rings (SSSR count). The second kappa shape index (κ2) is 4.85. The lowest BCUT2D eigenvalue weighted by Gasteiger charge is -2.63. The summed E-state index contributed by atoms with van der Waals surface area (Å²) < 4.78 is 5.97. The lowest BCUT2D eigenvalue weighted by Crippen LogP contribution is -2.59. The number of ether oxygens (including phenoxy) is 1. The predicted octanol–water partition coefficient (Wildman–Crippen LogP) is 4.01. The van der Waals surface area contributed by atoms with E-state index in [2.05, 4.69) is 13.8 Å². The maximum Gasteiger partial charge on any atom is 0.201 e. The SMILES string of the molecule is CC1(C)[C@H]2C[C@@H]3SC(C(=O)c4ccccc4)OC[C@H]3[C@@H]1C2. The van der Waals surface area contributed by atoms with Crippen molar-refractivity contribution in [1.29, 1.82) is 0 Å². The molecule has 21 heavy (non-hydrogen) atoms. The van der Waals surface area contributed by atoms with Crippen LogP contribution in [-0.4, -0.2) is 23.1 Å². The summed E-state index contributed by atoms with van der Waals surface area (Å²) in [6.07, 6.45) is 2.64. The molecule has 1 aliphatic heterocycles. The normalized spacial score (nSPS) is 40.0. The van der Waals surface area contributed by atoms with E-state index in [1.807, 2.05) is 30.3 Å². The highest BCUT2D eigenvalue weighted by molar-refractivity contribution is 8.01. The van der Waals surface area contributed by atoms with Crippen LogP contribution in [-0.2, 0) is 4.74 Å². The van der Waals surface area contributed by atoms with Gasteiger partial charge >= 0.3 is 0 Å². The lowest BCUT2D eigenvalue weighted by atomic mass is 9.45. The number of hydrogen-bond donors (Lipinski definition) is 0. The number of carbonyl (C=O) groups excluding carboxylic acids is 1. The Morgan fingerprint density at radius 3 is 2.71 bits per heavy atom. The Morgan fingerprint density at radius 1 is 1.24 bits per heavy atom. The summed E-state index contributed by atoms with van der Waals surface area (Å²) in [5.74, 6) is 2.43. The Hall–Kier alpha value is -0.800. The highest BCUT2D eigenvalue weighted by Gasteiger charge is 2.59. The number of Topliss-reactive ketones (excluding diaryl/α,β-unsaturated/α-hetero) is 1. The first-order valence-electron chi connectivity index (χ1n) is 7.93. The fourth-order valence-electron chi connectivity index (χ4n) is 4.55. The number of rotatable bonds is 2. The summed E-state index contributed by atoms with van der Waals surface area (Å²) in [4.78, 5) is 12.5. The maximum absolute atomic E-state index is 12.5. The van der Waals surface area contributed by atoms with Gasteiger partial charge in [0.1, 0.15) is 0 Å². The summed E-state index contributed by atoms with van der Waals surface area (Å²) >= 11 is 1.78. The van der Waals surface area contributed by atoms with Gasteiger partial charge < -0.3 is 4.74 Å². The van der Waals surface area contributed by atoms with E-state index in [0.717, 1.165) is 24.0 Å². The highest BCUT2D eigenvalue weighted by Crippen LogP contribution is 2.64. The molecule has 0 spiro atoms. The second-order valence-electron chi connectivity index (χ2n) is 7.33. The smallest absolute Gasteiger partial charge is 0.201 e. The average molecular weight is 302 g/mol. The number of thioether (sulfide) groups is 1. The van der Waals surface area contributed by atoms with Gasteiger partial charge in [0.15, 0.2) is 5.44 Å². The van der Waals surface area contributed by atoms with Crippen molar-refractivity contribution < 1.29 is 9.53 Å². The van der Waals surface area contributed by atoms with E-state index in [1.54, 1.807) is 11.8 Å². The molecular weight excluding hydrogens is 280 g/mol. The third-order valence-corrected chi connectivity index (χ3v) is 7.56. The van der Waals surface area contributed by atoms with Crippen molar-refractivity contribution in [2.75, 3.05) is 6.61 Å². The van der Waals surface area contributed by atoms with Crippen molar-refractivity contribution in [3.05, 3.63) is 35.9 Å². The zero-order valence-electron chi connectivity index (χ0n) is 12.6. The van der Waals surface area contributed by atoms with Gasteiger partial charge in [-0.25, -0.2) is 0 Å². The first kappa shape index (κ1) is 13.8. The van der Waals surface area contributed by atoms with Gasteiger partial charge in [-0.05, 0) is 36.0 Å². The maximum atomic E-state index is 12.5. The van der Waals surface area contributed by atoms with Crippen LogP contribution in [0.15, 0.2) is 30.3 Å². The number of ketones is 1. The fraction of sp³-hybridized carbons (Fsp3) is 0.611. The predicted molar refractivity (Wildman–Crippen MR) is 85.4 cm³/mol. The quantitative estimate of drug-likeness (QED) is 0.772. The monoisotopic (exact) mass is 302 g/mol. The van der Waals surface area contributed by atoms with E-state index >= 15 is 0 Å². The standard InChI is InChI=1S/C18H22O2S/c1-18(2)12-8-14(18)13-10-20-17(21-15(13)9-12)16(19)11-6-4-3-5-7-11/h3-7,12-15,17H,8-10H2,1-2H3/t12-,13+,14+,15+,17?/m1/s1. The van der Waals surface area contributed by atoms with Crippen molar-refractivity contribution in [3.63, 3.8) is 0 Å². The van der Waals surface area contributed by atoms with Crippen molar-refractivity contribution >= 4 is 17.5 Å². The van der Waals surface area contributed by atoms with Gasteiger partial charge in [0.2, 0.25) is 5.78 Å². The largest absolute Gasteiger partial charge is 0.359 e. The van der Waals surface area contributed by atoms with Crippen LogP contribution in [0.1, 0.15) is 37.0 Å². The molecule has 3 aliphatic carbocycles. The van der Waals surface area contributed by atoms with Gasteiger partial charge in [0, 0.05) is 10.8 Å². The van der Waals surface area contributed by atoms with E-state index in [-0.39, 0.29) is 11.2 Å². The fourth-order valence-corrected chi connectivity index (χ4v) is 6.10. The molecule has 1 saturated heterocycles. The summed E-state index contributed by atoms with van der Waals surface area (Å²) in [5.41, 5.74) is 0.963. The van der Waals surface area contributed by atoms with Gasteiger partial charge in [0.05, 0.1) is 6.61 Å². The molecule has 0 aromatic heterocycles. The van der Waals surface area contributed by atoms with Crippen LogP contribution in [0.3, 0.4) is 0 Å². The van der Waals surface area contributed by atoms with E-state index < -0.39 is 0 Å². The summed E-state index contributed by atoms with van der Waals surface area (Å²) in [6, 6.07) is 9.56. The molecule has 0 radical (unpaired) electrons. The van der Waals surface area contributed by atoms with Crippen LogP contribution in [0.5, 0.6) is 0 Å². The van der Waals surface area contributed by atoms with Crippen LogP contribution < -0.4 is 0 Å². The topological polar surface area (TPSA) is 26.3 Å². The van der Waals surface area contributed by atoms with E-state index in [0.29, 0.717) is 16.6 Å². The molecule has 2 bridgehead atoms. The summed E-state index contributed by atoms with van der Waals surface area (Å²) in [7, 11) is 0. The molecule has 1 aromatic carbocycles. The summed E-state index contributed by atoms with van der Waals surface area (Å²) in [6.45, 7) is 5.59. The summed E-state index contributed by atoms with van der Waals surface area (Å²) in [5, 5.41) is 0.619. The number of carbonyl (C=O) groups is 1. The molecule has 0 N–H and O–H groups in total.